The third-order valence-electron chi connectivity index (χ3n) is 3.18. The monoisotopic (exact) mass is 269 g/mol. The van der Waals surface area contributed by atoms with Crippen molar-refractivity contribution in [2.45, 2.75) is 11.8 Å². The van der Waals surface area contributed by atoms with Gasteiger partial charge in [0.05, 0.1) is 5.69 Å². The van der Waals surface area contributed by atoms with Crippen LogP contribution < -0.4 is 5.32 Å². The summed E-state index contributed by atoms with van der Waals surface area (Å²) in [6.07, 6.45) is 4.03. The lowest BCUT2D eigenvalue weighted by Gasteiger charge is -2.02. The molecule has 2 heterocycles. The lowest BCUT2D eigenvalue weighted by molar-refractivity contribution is 1.18. The minimum atomic E-state index is 0.926. The molecule has 0 radical (unpaired) electrons. The summed E-state index contributed by atoms with van der Waals surface area (Å²) in [7, 11) is 1.90. The quantitative estimate of drug-likeness (QED) is 0.696. The van der Waals surface area contributed by atoms with Crippen molar-refractivity contribution in [3.05, 3.63) is 48.3 Å². The summed E-state index contributed by atoms with van der Waals surface area (Å²) < 4.78 is 2.02. The van der Waals surface area contributed by atoms with Crippen molar-refractivity contribution in [3.63, 3.8) is 0 Å². The molecule has 1 aromatic carbocycles. The molecule has 0 aliphatic heterocycles. The van der Waals surface area contributed by atoms with Gasteiger partial charge in [0.2, 0.25) is 0 Å². The van der Waals surface area contributed by atoms with Crippen molar-refractivity contribution in [1.29, 1.82) is 0 Å². The first-order valence-electron chi connectivity index (χ1n) is 6.14. The molecule has 19 heavy (non-hydrogen) atoms. The van der Waals surface area contributed by atoms with Crippen molar-refractivity contribution in [2.24, 2.45) is 0 Å². The maximum atomic E-state index is 4.66. The Kier molecular flexibility index (Phi) is 2.95. The topological polar surface area (TPSA) is 29.3 Å². The molecule has 0 atom stereocenters. The van der Waals surface area contributed by atoms with Crippen LogP contribution >= 0.6 is 12.6 Å². The standard InChI is InChI=1S/C15H15N3S/c1-10-3-4-12(14(19)7-10)13-9-18-6-5-11(16-2)8-15(18)17-13/h3-9,16,19H,1-2H3. The van der Waals surface area contributed by atoms with Crippen molar-refractivity contribution in [3.8, 4) is 11.3 Å². The molecule has 3 rings (SSSR count). The van der Waals surface area contributed by atoms with E-state index < -0.39 is 0 Å². The zero-order valence-corrected chi connectivity index (χ0v) is 11.8. The molecule has 0 bridgehead atoms. The highest BCUT2D eigenvalue weighted by atomic mass is 32.1. The van der Waals surface area contributed by atoms with Crippen LogP contribution in [-0.4, -0.2) is 16.4 Å². The highest BCUT2D eigenvalue weighted by Crippen LogP contribution is 2.27. The van der Waals surface area contributed by atoms with Crippen LogP contribution in [-0.2, 0) is 0 Å². The molecule has 0 saturated heterocycles. The molecule has 4 heteroatoms. The van der Waals surface area contributed by atoms with E-state index in [4.69, 9.17) is 0 Å². The van der Waals surface area contributed by atoms with Crippen LogP contribution in [0.5, 0.6) is 0 Å². The van der Waals surface area contributed by atoms with Crippen LogP contribution in [0.25, 0.3) is 16.9 Å². The van der Waals surface area contributed by atoms with E-state index in [9.17, 15) is 0 Å². The van der Waals surface area contributed by atoms with Crippen LogP contribution in [0.1, 0.15) is 5.56 Å². The molecule has 0 aliphatic rings. The number of nitrogens with zero attached hydrogens (tertiary/aromatic N) is 2. The summed E-state index contributed by atoms with van der Waals surface area (Å²) in [5.74, 6) is 0. The number of aryl methyl sites for hydroxylation is 1. The predicted octanol–water partition coefficient (Wildman–Crippen LogP) is 3.64. The third kappa shape index (κ3) is 2.19. The average molecular weight is 269 g/mol. The van der Waals surface area contributed by atoms with Gasteiger partial charge in [-0.15, -0.1) is 12.6 Å². The molecule has 2 aromatic heterocycles. The average Bonchev–Trinajstić information content (AvgIpc) is 2.80. The summed E-state index contributed by atoms with van der Waals surface area (Å²) in [5.41, 5.74) is 5.19. The van der Waals surface area contributed by atoms with Gasteiger partial charge in [0.15, 0.2) is 0 Å². The first-order chi connectivity index (χ1) is 9.17. The first-order valence-corrected chi connectivity index (χ1v) is 6.58. The Bertz CT molecular complexity index is 746. The fourth-order valence-electron chi connectivity index (χ4n) is 2.13. The molecule has 0 spiro atoms. The maximum absolute atomic E-state index is 4.66. The molecule has 0 fully saturated rings. The van der Waals surface area contributed by atoms with Crippen molar-refractivity contribution in [2.75, 3.05) is 12.4 Å². The van der Waals surface area contributed by atoms with E-state index in [0.29, 0.717) is 0 Å². The van der Waals surface area contributed by atoms with Gasteiger partial charge in [0, 0.05) is 41.7 Å². The van der Waals surface area contributed by atoms with Crippen LogP contribution in [0.15, 0.2) is 47.6 Å². The van der Waals surface area contributed by atoms with Crippen LogP contribution in [0, 0.1) is 6.92 Å². The Labute approximate surface area is 117 Å². The maximum Gasteiger partial charge on any atom is 0.139 e. The molecule has 0 aliphatic carbocycles. The molecule has 0 saturated carbocycles. The van der Waals surface area contributed by atoms with Gasteiger partial charge in [-0.25, -0.2) is 4.98 Å². The number of anilines is 1. The minimum absolute atomic E-state index is 0.926. The molecular formula is C15H15N3S. The number of rotatable bonds is 2. The number of nitrogens with one attached hydrogen (secondary N) is 1. The molecule has 1 N–H and O–H groups in total. The van der Waals surface area contributed by atoms with E-state index in [0.717, 1.165) is 27.5 Å². The molecule has 0 amide bonds. The van der Waals surface area contributed by atoms with Gasteiger partial charge in [-0.1, -0.05) is 12.1 Å². The zero-order chi connectivity index (χ0) is 13.4. The van der Waals surface area contributed by atoms with Gasteiger partial charge in [0.25, 0.3) is 0 Å². The van der Waals surface area contributed by atoms with Crippen LogP contribution in [0.4, 0.5) is 5.69 Å². The Hall–Kier alpha value is -1.94. The Morgan fingerprint density at radius 2 is 2.05 bits per heavy atom. The molecular weight excluding hydrogens is 254 g/mol. The van der Waals surface area contributed by atoms with E-state index in [1.807, 2.05) is 36.0 Å². The van der Waals surface area contributed by atoms with Gasteiger partial charge in [-0.2, -0.15) is 0 Å². The van der Waals surface area contributed by atoms with E-state index in [1.54, 1.807) is 0 Å². The Morgan fingerprint density at radius 3 is 2.79 bits per heavy atom. The smallest absolute Gasteiger partial charge is 0.139 e. The van der Waals surface area contributed by atoms with Crippen LogP contribution in [0.3, 0.4) is 0 Å². The SMILES string of the molecule is CNc1ccn2cc(-c3ccc(C)cc3S)nc2c1. The highest BCUT2D eigenvalue weighted by molar-refractivity contribution is 7.80. The van der Waals surface area contributed by atoms with Gasteiger partial charge < -0.3 is 9.72 Å². The summed E-state index contributed by atoms with van der Waals surface area (Å²) in [5, 5.41) is 3.12. The molecule has 3 aromatic rings. The normalized spacial score (nSPS) is 10.9. The van der Waals surface area contributed by atoms with Crippen molar-refractivity contribution >= 4 is 24.0 Å². The second-order valence-corrected chi connectivity index (χ2v) is 5.06. The number of benzene rings is 1. The number of thiol groups is 1. The summed E-state index contributed by atoms with van der Waals surface area (Å²) in [4.78, 5) is 5.61. The lowest BCUT2D eigenvalue weighted by atomic mass is 10.1. The van der Waals surface area contributed by atoms with Gasteiger partial charge in [-0.3, -0.25) is 0 Å². The predicted molar refractivity (Wildman–Crippen MR) is 82.2 cm³/mol. The van der Waals surface area contributed by atoms with Crippen molar-refractivity contribution in [1.82, 2.24) is 9.38 Å². The third-order valence-corrected chi connectivity index (χ3v) is 3.55. The van der Waals surface area contributed by atoms with Crippen LogP contribution in [0.2, 0.25) is 0 Å². The zero-order valence-electron chi connectivity index (χ0n) is 10.9. The molecule has 0 unspecified atom stereocenters. The number of hydrogen-bond acceptors (Lipinski definition) is 3. The number of imidazole rings is 1. The van der Waals surface area contributed by atoms with E-state index in [2.05, 4.69) is 48.1 Å². The number of fused-ring (bicyclic) bond motifs is 1. The summed E-state index contributed by atoms with van der Waals surface area (Å²) in [6.45, 7) is 2.06. The fourth-order valence-corrected chi connectivity index (χ4v) is 2.52. The Balaban J connectivity index is 2.14. The lowest BCUT2D eigenvalue weighted by Crippen LogP contribution is -1.89. The van der Waals surface area contributed by atoms with Gasteiger partial charge >= 0.3 is 0 Å². The second-order valence-electron chi connectivity index (χ2n) is 4.58. The fraction of sp³-hybridized carbons (Fsp3) is 0.133. The van der Waals surface area contributed by atoms with E-state index in [-0.39, 0.29) is 0 Å². The number of pyridine rings is 1. The van der Waals surface area contributed by atoms with Crippen molar-refractivity contribution < 1.29 is 0 Å². The Morgan fingerprint density at radius 1 is 1.21 bits per heavy atom. The summed E-state index contributed by atoms with van der Waals surface area (Å²) >= 11 is 4.54. The first kappa shape index (κ1) is 12.1. The highest BCUT2D eigenvalue weighted by Gasteiger charge is 2.08. The summed E-state index contributed by atoms with van der Waals surface area (Å²) in [6, 6.07) is 10.3. The second kappa shape index (κ2) is 4.63. The number of hydrogen-bond donors (Lipinski definition) is 2. The van der Waals surface area contributed by atoms with Gasteiger partial charge in [0.1, 0.15) is 5.65 Å². The minimum Gasteiger partial charge on any atom is -0.388 e. The molecule has 96 valence electrons. The van der Waals surface area contributed by atoms with E-state index >= 15 is 0 Å². The molecule has 3 nitrogen and oxygen atoms in total. The van der Waals surface area contributed by atoms with Gasteiger partial charge in [-0.05, 0) is 24.6 Å². The number of aromatic nitrogens is 2. The van der Waals surface area contributed by atoms with E-state index in [1.165, 1.54) is 5.56 Å². The largest absolute Gasteiger partial charge is 0.388 e.